The Labute approximate surface area is 125 Å². The van der Waals surface area contributed by atoms with Crippen LogP contribution >= 0.6 is 0 Å². The second kappa shape index (κ2) is 4.60. The molecule has 0 N–H and O–H groups in total. The summed E-state index contributed by atoms with van der Waals surface area (Å²) in [6.45, 7) is 4.45. The summed E-state index contributed by atoms with van der Waals surface area (Å²) in [7, 11) is 0. The average molecular weight is 270 g/mol. The quantitative estimate of drug-likeness (QED) is 0.371. The van der Waals surface area contributed by atoms with E-state index in [1.165, 1.54) is 43.4 Å². The highest BCUT2D eigenvalue weighted by atomic mass is 14.1. The predicted molar refractivity (Wildman–Crippen MR) is 93.1 cm³/mol. The Hall–Kier alpha value is -2.34. The molecule has 0 nitrogen and oxygen atoms in total. The van der Waals surface area contributed by atoms with E-state index >= 15 is 0 Å². The minimum Gasteiger partial charge on any atom is -0.0616 e. The van der Waals surface area contributed by atoms with Crippen molar-refractivity contribution in [3.05, 3.63) is 71.8 Å². The molecule has 0 aliphatic carbocycles. The maximum absolute atomic E-state index is 2.30. The van der Waals surface area contributed by atoms with E-state index in [0.717, 1.165) is 6.42 Å². The number of rotatable bonds is 1. The van der Waals surface area contributed by atoms with Crippen LogP contribution in [-0.2, 0) is 6.42 Å². The molecule has 0 heterocycles. The Balaban J connectivity index is 2.23. The second-order valence-corrected chi connectivity index (χ2v) is 5.76. The van der Waals surface area contributed by atoms with Gasteiger partial charge in [-0.2, -0.15) is 0 Å². The SMILES string of the molecule is CCc1c(C)ccc2c1ccc1c3ccccc3ccc21. The largest absolute Gasteiger partial charge is 0.0616 e. The van der Waals surface area contributed by atoms with Crippen molar-refractivity contribution in [1.29, 1.82) is 0 Å². The fraction of sp³-hybridized carbons (Fsp3) is 0.143. The highest BCUT2D eigenvalue weighted by molar-refractivity contribution is 6.17. The molecule has 0 saturated heterocycles. The van der Waals surface area contributed by atoms with Crippen LogP contribution in [0.1, 0.15) is 18.1 Å². The van der Waals surface area contributed by atoms with Crippen molar-refractivity contribution in [3.63, 3.8) is 0 Å². The lowest BCUT2D eigenvalue weighted by atomic mass is 9.92. The van der Waals surface area contributed by atoms with E-state index in [1.807, 2.05) is 0 Å². The first-order chi connectivity index (χ1) is 10.3. The summed E-state index contributed by atoms with van der Waals surface area (Å²) >= 11 is 0. The Morgan fingerprint density at radius 1 is 0.619 bits per heavy atom. The van der Waals surface area contributed by atoms with Crippen LogP contribution in [0.3, 0.4) is 0 Å². The molecule has 0 amide bonds. The van der Waals surface area contributed by atoms with Crippen LogP contribution in [0.5, 0.6) is 0 Å². The van der Waals surface area contributed by atoms with Crippen LogP contribution < -0.4 is 0 Å². The summed E-state index contributed by atoms with van der Waals surface area (Å²) < 4.78 is 0. The molecule has 0 radical (unpaired) electrons. The van der Waals surface area contributed by atoms with E-state index in [9.17, 15) is 0 Å². The normalized spacial score (nSPS) is 11.5. The highest BCUT2D eigenvalue weighted by Crippen LogP contribution is 2.33. The van der Waals surface area contributed by atoms with E-state index in [0.29, 0.717) is 0 Å². The molecule has 0 aliphatic rings. The fourth-order valence-electron chi connectivity index (χ4n) is 3.54. The first kappa shape index (κ1) is 12.4. The maximum Gasteiger partial charge on any atom is -0.00989 e. The second-order valence-electron chi connectivity index (χ2n) is 5.76. The van der Waals surface area contributed by atoms with Gasteiger partial charge in [0.05, 0.1) is 0 Å². The summed E-state index contributed by atoms with van der Waals surface area (Å²) in [5.74, 6) is 0. The third-order valence-corrected chi connectivity index (χ3v) is 4.62. The van der Waals surface area contributed by atoms with Gasteiger partial charge < -0.3 is 0 Å². The van der Waals surface area contributed by atoms with Gasteiger partial charge in [-0.3, -0.25) is 0 Å². The number of fused-ring (bicyclic) bond motifs is 5. The lowest BCUT2D eigenvalue weighted by Gasteiger charge is -2.12. The lowest BCUT2D eigenvalue weighted by molar-refractivity contribution is 1.13. The summed E-state index contributed by atoms with van der Waals surface area (Å²) in [6, 6.07) is 22.3. The van der Waals surface area contributed by atoms with Crippen molar-refractivity contribution in [1.82, 2.24) is 0 Å². The molecule has 0 fully saturated rings. The number of benzene rings is 4. The molecule has 0 unspecified atom stereocenters. The molecule has 21 heavy (non-hydrogen) atoms. The molecule has 4 rings (SSSR count). The van der Waals surface area contributed by atoms with Gasteiger partial charge in [-0.1, -0.05) is 67.6 Å². The summed E-state index contributed by atoms with van der Waals surface area (Å²) in [5, 5.41) is 8.15. The van der Waals surface area contributed by atoms with Gasteiger partial charge in [0.2, 0.25) is 0 Å². The van der Waals surface area contributed by atoms with Crippen LogP contribution in [0.2, 0.25) is 0 Å². The van der Waals surface area contributed by atoms with Crippen molar-refractivity contribution in [2.75, 3.05) is 0 Å². The molecule has 0 aliphatic heterocycles. The monoisotopic (exact) mass is 270 g/mol. The van der Waals surface area contributed by atoms with E-state index in [-0.39, 0.29) is 0 Å². The van der Waals surface area contributed by atoms with Gasteiger partial charge >= 0.3 is 0 Å². The molecule has 4 aromatic rings. The van der Waals surface area contributed by atoms with Gasteiger partial charge in [0.25, 0.3) is 0 Å². The minimum absolute atomic E-state index is 1.09. The number of aryl methyl sites for hydroxylation is 2. The lowest BCUT2D eigenvalue weighted by Crippen LogP contribution is -1.90. The van der Waals surface area contributed by atoms with Crippen molar-refractivity contribution in [3.8, 4) is 0 Å². The molecule has 0 saturated carbocycles. The van der Waals surface area contributed by atoms with E-state index in [4.69, 9.17) is 0 Å². The van der Waals surface area contributed by atoms with E-state index in [2.05, 4.69) is 74.5 Å². The molecule has 0 spiro atoms. The molecule has 102 valence electrons. The summed E-state index contributed by atoms with van der Waals surface area (Å²) in [4.78, 5) is 0. The van der Waals surface area contributed by atoms with Gasteiger partial charge in [0, 0.05) is 0 Å². The van der Waals surface area contributed by atoms with Gasteiger partial charge in [0.1, 0.15) is 0 Å². The average Bonchev–Trinajstić information content (AvgIpc) is 2.54. The zero-order valence-electron chi connectivity index (χ0n) is 12.5. The van der Waals surface area contributed by atoms with Crippen LogP contribution in [0, 0.1) is 6.92 Å². The van der Waals surface area contributed by atoms with Gasteiger partial charge in [0.15, 0.2) is 0 Å². The Bertz CT molecular complexity index is 977. The van der Waals surface area contributed by atoms with Crippen molar-refractivity contribution in [2.24, 2.45) is 0 Å². The van der Waals surface area contributed by atoms with Crippen molar-refractivity contribution < 1.29 is 0 Å². The third kappa shape index (κ3) is 1.76. The van der Waals surface area contributed by atoms with Crippen molar-refractivity contribution >= 4 is 32.3 Å². The van der Waals surface area contributed by atoms with Gasteiger partial charge in [-0.25, -0.2) is 0 Å². The van der Waals surface area contributed by atoms with Gasteiger partial charge in [-0.15, -0.1) is 0 Å². The third-order valence-electron chi connectivity index (χ3n) is 4.62. The zero-order chi connectivity index (χ0) is 14.4. The summed E-state index contributed by atoms with van der Waals surface area (Å²) in [6.07, 6.45) is 1.09. The molecule has 0 heteroatoms. The van der Waals surface area contributed by atoms with Crippen LogP contribution in [0.25, 0.3) is 32.3 Å². The number of hydrogen-bond donors (Lipinski definition) is 0. The molecule has 0 bridgehead atoms. The van der Waals surface area contributed by atoms with Crippen LogP contribution in [0.4, 0.5) is 0 Å². The van der Waals surface area contributed by atoms with Gasteiger partial charge in [-0.05, 0) is 56.8 Å². The summed E-state index contributed by atoms with van der Waals surface area (Å²) in [5.41, 5.74) is 2.87. The first-order valence-corrected chi connectivity index (χ1v) is 7.62. The highest BCUT2D eigenvalue weighted by Gasteiger charge is 2.08. The van der Waals surface area contributed by atoms with Crippen LogP contribution in [0.15, 0.2) is 60.7 Å². The Morgan fingerprint density at radius 2 is 1.24 bits per heavy atom. The molecule has 0 aromatic heterocycles. The standard InChI is InChI=1S/C21H18/c1-3-16-14(2)8-10-20-18(16)12-13-19-17-7-5-4-6-15(17)9-11-21(19)20/h4-13H,3H2,1-2H3. The predicted octanol–water partition coefficient (Wildman–Crippen LogP) is 6.02. The van der Waals surface area contributed by atoms with E-state index < -0.39 is 0 Å². The maximum atomic E-state index is 2.30. The fourth-order valence-corrected chi connectivity index (χ4v) is 3.54. The Kier molecular flexibility index (Phi) is 2.71. The molecular weight excluding hydrogens is 252 g/mol. The zero-order valence-corrected chi connectivity index (χ0v) is 12.5. The Morgan fingerprint density at radius 3 is 2.10 bits per heavy atom. The van der Waals surface area contributed by atoms with E-state index in [1.54, 1.807) is 0 Å². The molecular formula is C21H18. The minimum atomic E-state index is 1.09. The topological polar surface area (TPSA) is 0 Å². The van der Waals surface area contributed by atoms with Crippen molar-refractivity contribution in [2.45, 2.75) is 20.3 Å². The number of hydrogen-bond acceptors (Lipinski definition) is 0. The smallest absolute Gasteiger partial charge is 0.00989 e. The van der Waals surface area contributed by atoms with Crippen LogP contribution in [-0.4, -0.2) is 0 Å². The first-order valence-electron chi connectivity index (χ1n) is 7.62. The molecule has 4 aromatic carbocycles. The molecule has 0 atom stereocenters.